The Morgan fingerprint density at radius 3 is 2.83 bits per heavy atom. The number of amidine groups is 1. The van der Waals surface area contributed by atoms with Crippen molar-refractivity contribution < 1.29 is 4.79 Å². The second-order valence-electron chi connectivity index (χ2n) is 4.83. The van der Waals surface area contributed by atoms with Gasteiger partial charge in [-0.25, -0.2) is 0 Å². The number of aromatic nitrogens is 2. The summed E-state index contributed by atoms with van der Waals surface area (Å²) in [5.74, 6) is -0.125. The highest BCUT2D eigenvalue weighted by Gasteiger charge is 2.33. The Morgan fingerprint density at radius 1 is 1.38 bits per heavy atom. The lowest BCUT2D eigenvalue weighted by atomic mass is 10.2. The van der Waals surface area contributed by atoms with Crippen LogP contribution in [0.15, 0.2) is 46.8 Å². The average Bonchev–Trinajstić information content (AvgIpc) is 3.09. The minimum absolute atomic E-state index is 0.125. The van der Waals surface area contributed by atoms with E-state index in [1.54, 1.807) is 23.1 Å². The van der Waals surface area contributed by atoms with Gasteiger partial charge in [-0.3, -0.25) is 9.69 Å². The lowest BCUT2D eigenvalue weighted by Crippen LogP contribution is -2.29. The van der Waals surface area contributed by atoms with Crippen LogP contribution in [0.25, 0.3) is 6.08 Å². The fourth-order valence-corrected chi connectivity index (χ4v) is 3.82. The number of benzene rings is 1. The lowest BCUT2D eigenvalue weighted by molar-refractivity contribution is -0.121. The highest BCUT2D eigenvalue weighted by Crippen LogP contribution is 2.35. The van der Waals surface area contributed by atoms with Gasteiger partial charge in [-0.05, 0) is 36.4 Å². The molecule has 0 atom stereocenters. The minimum atomic E-state index is -0.125. The van der Waals surface area contributed by atoms with Gasteiger partial charge in [0.1, 0.15) is 5.01 Å². The molecule has 2 aromatic rings. The van der Waals surface area contributed by atoms with Crippen LogP contribution in [0.3, 0.4) is 0 Å². The third-order valence-corrected chi connectivity index (χ3v) is 5.18. The van der Waals surface area contributed by atoms with Crippen molar-refractivity contribution >= 4 is 57.0 Å². The second kappa shape index (κ2) is 7.29. The number of aryl methyl sites for hydroxylation is 1. The molecule has 2 heterocycles. The summed E-state index contributed by atoms with van der Waals surface area (Å²) in [6, 6.07) is 7.38. The number of amides is 1. The van der Waals surface area contributed by atoms with Crippen LogP contribution in [0.4, 0.5) is 5.13 Å². The average molecular weight is 377 g/mol. The van der Waals surface area contributed by atoms with E-state index in [-0.39, 0.29) is 5.91 Å². The lowest BCUT2D eigenvalue weighted by Gasteiger charge is -2.11. The zero-order valence-electron chi connectivity index (χ0n) is 12.8. The monoisotopic (exact) mass is 376 g/mol. The third kappa shape index (κ3) is 3.58. The molecule has 3 rings (SSSR count). The number of carbonyl (C=O) groups is 1. The zero-order chi connectivity index (χ0) is 17.1. The van der Waals surface area contributed by atoms with E-state index in [2.05, 4.69) is 21.8 Å². The van der Waals surface area contributed by atoms with Crippen LogP contribution in [0.1, 0.15) is 10.6 Å². The summed E-state index contributed by atoms with van der Waals surface area (Å²) in [6.07, 6.45) is 3.44. The van der Waals surface area contributed by atoms with Gasteiger partial charge in [-0.15, -0.1) is 16.8 Å². The van der Waals surface area contributed by atoms with Gasteiger partial charge in [0.25, 0.3) is 5.91 Å². The largest absolute Gasteiger partial charge is 0.282 e. The summed E-state index contributed by atoms with van der Waals surface area (Å²) in [6.45, 7) is 5.94. The number of hydrogen-bond acceptors (Lipinski definition) is 6. The molecule has 1 aliphatic rings. The van der Waals surface area contributed by atoms with E-state index in [1.165, 1.54) is 23.1 Å². The maximum absolute atomic E-state index is 12.6. The van der Waals surface area contributed by atoms with Gasteiger partial charge < -0.3 is 0 Å². The number of rotatable bonds is 4. The summed E-state index contributed by atoms with van der Waals surface area (Å²) in [5, 5.41) is 10.4. The van der Waals surface area contributed by atoms with Crippen molar-refractivity contribution in [2.45, 2.75) is 6.92 Å². The summed E-state index contributed by atoms with van der Waals surface area (Å²) in [4.78, 5) is 19.2. The number of halogens is 1. The fraction of sp³-hybridized carbons (Fsp3) is 0.125. The van der Waals surface area contributed by atoms with Crippen molar-refractivity contribution in [2.75, 3.05) is 6.54 Å². The van der Waals surface area contributed by atoms with Crippen LogP contribution >= 0.6 is 34.7 Å². The second-order valence-corrected chi connectivity index (χ2v) is 7.41. The predicted octanol–water partition coefficient (Wildman–Crippen LogP) is 4.29. The molecule has 1 amide bonds. The first-order valence-electron chi connectivity index (χ1n) is 7.04. The van der Waals surface area contributed by atoms with Crippen LogP contribution in [0, 0.1) is 6.92 Å². The predicted molar refractivity (Wildman–Crippen MR) is 101 cm³/mol. The van der Waals surface area contributed by atoms with E-state index in [0.29, 0.717) is 26.8 Å². The molecule has 0 bridgehead atoms. The fourth-order valence-electron chi connectivity index (χ4n) is 2.03. The van der Waals surface area contributed by atoms with E-state index in [4.69, 9.17) is 11.6 Å². The van der Waals surface area contributed by atoms with Crippen LogP contribution in [0.5, 0.6) is 0 Å². The van der Waals surface area contributed by atoms with Gasteiger partial charge in [0.15, 0.2) is 5.17 Å². The Kier molecular flexibility index (Phi) is 5.13. The molecule has 0 unspecified atom stereocenters. The Morgan fingerprint density at radius 2 is 2.17 bits per heavy atom. The molecule has 8 heteroatoms. The van der Waals surface area contributed by atoms with E-state index < -0.39 is 0 Å². The van der Waals surface area contributed by atoms with Gasteiger partial charge in [-0.1, -0.05) is 47.2 Å². The van der Waals surface area contributed by atoms with Gasteiger partial charge in [-0.2, -0.15) is 4.99 Å². The molecule has 0 radical (unpaired) electrons. The number of thioether (sulfide) groups is 1. The molecule has 1 aromatic heterocycles. The summed E-state index contributed by atoms with van der Waals surface area (Å²) in [5.41, 5.74) is 0.793. The maximum atomic E-state index is 12.6. The molecule has 1 saturated heterocycles. The molecule has 1 aromatic carbocycles. The van der Waals surface area contributed by atoms with Crippen molar-refractivity contribution in [1.29, 1.82) is 0 Å². The van der Waals surface area contributed by atoms with Crippen molar-refractivity contribution in [3.63, 3.8) is 0 Å². The van der Waals surface area contributed by atoms with Crippen LogP contribution in [-0.4, -0.2) is 32.7 Å². The first-order chi connectivity index (χ1) is 11.6. The molecular formula is C16H13ClN4OS2. The van der Waals surface area contributed by atoms with Gasteiger partial charge in [0, 0.05) is 11.6 Å². The molecule has 24 heavy (non-hydrogen) atoms. The highest BCUT2D eigenvalue weighted by atomic mass is 35.5. The topological polar surface area (TPSA) is 58.5 Å². The van der Waals surface area contributed by atoms with Crippen molar-refractivity contribution in [1.82, 2.24) is 15.1 Å². The van der Waals surface area contributed by atoms with Crippen LogP contribution in [-0.2, 0) is 4.79 Å². The normalized spacial score (nSPS) is 17.9. The minimum Gasteiger partial charge on any atom is -0.282 e. The van der Waals surface area contributed by atoms with Gasteiger partial charge in [0.2, 0.25) is 5.13 Å². The van der Waals surface area contributed by atoms with Crippen molar-refractivity contribution in [3.05, 3.63) is 57.4 Å². The van der Waals surface area contributed by atoms with E-state index in [9.17, 15) is 4.79 Å². The standard InChI is InChI=1S/C16H13ClN4OS2/c1-3-8-21-14(22)13(9-11-6-4-5-7-12(11)17)24-16(21)18-15-20-19-10(2)23-15/h3-7,9H,1,8H2,2H3/b13-9-,18-16+. The first-order valence-corrected chi connectivity index (χ1v) is 9.05. The maximum Gasteiger partial charge on any atom is 0.267 e. The molecule has 1 aliphatic heterocycles. The summed E-state index contributed by atoms with van der Waals surface area (Å²) >= 11 is 8.85. The van der Waals surface area contributed by atoms with Crippen LogP contribution in [0.2, 0.25) is 5.02 Å². The molecule has 0 N–H and O–H groups in total. The number of aliphatic imine (C=N–C) groups is 1. The molecule has 0 aliphatic carbocycles. The van der Waals surface area contributed by atoms with E-state index in [1.807, 2.05) is 25.1 Å². The zero-order valence-corrected chi connectivity index (χ0v) is 15.2. The SMILES string of the molecule is C=CCN1C(=O)/C(=C/c2ccccc2Cl)S/C1=N/c1nnc(C)s1. The van der Waals surface area contributed by atoms with Gasteiger partial charge in [0.05, 0.1) is 4.91 Å². The molecular weight excluding hydrogens is 364 g/mol. The molecule has 5 nitrogen and oxygen atoms in total. The van der Waals surface area contributed by atoms with Crippen LogP contribution < -0.4 is 0 Å². The van der Waals surface area contributed by atoms with E-state index in [0.717, 1.165) is 10.6 Å². The first kappa shape index (κ1) is 16.9. The van der Waals surface area contributed by atoms with Crippen molar-refractivity contribution in [3.8, 4) is 0 Å². The van der Waals surface area contributed by atoms with Crippen molar-refractivity contribution in [2.24, 2.45) is 4.99 Å². The Labute approximate surface area is 152 Å². The molecule has 122 valence electrons. The summed E-state index contributed by atoms with van der Waals surface area (Å²) in [7, 11) is 0. The number of carbonyl (C=O) groups excluding carboxylic acids is 1. The number of hydrogen-bond donors (Lipinski definition) is 0. The Balaban J connectivity index is 1.96. The third-order valence-electron chi connectivity index (χ3n) is 3.10. The summed E-state index contributed by atoms with van der Waals surface area (Å²) < 4.78 is 0. The molecule has 0 saturated carbocycles. The van der Waals surface area contributed by atoms with E-state index >= 15 is 0 Å². The quantitative estimate of drug-likeness (QED) is 0.590. The number of nitrogens with zero attached hydrogens (tertiary/aromatic N) is 4. The Bertz CT molecular complexity index is 859. The molecule has 0 spiro atoms. The highest BCUT2D eigenvalue weighted by molar-refractivity contribution is 8.18. The van der Waals surface area contributed by atoms with Gasteiger partial charge >= 0.3 is 0 Å². The molecule has 1 fully saturated rings. The Hall–Kier alpha value is -1.96. The smallest absolute Gasteiger partial charge is 0.267 e.